The van der Waals surface area contributed by atoms with Gasteiger partial charge in [0.2, 0.25) is 0 Å². The number of nitrogens with zero attached hydrogens (tertiary/aromatic N) is 2. The molecule has 0 saturated carbocycles. The molecule has 122 valence electrons. The molecule has 0 fully saturated rings. The quantitative estimate of drug-likeness (QED) is 0.635. The van der Waals surface area contributed by atoms with Crippen molar-refractivity contribution < 1.29 is 0 Å². The minimum absolute atomic E-state index is 0.592. The maximum atomic E-state index is 5.38. The van der Waals surface area contributed by atoms with Gasteiger partial charge in [0.1, 0.15) is 5.82 Å². The number of halogens is 1. The van der Waals surface area contributed by atoms with Gasteiger partial charge >= 0.3 is 0 Å². The summed E-state index contributed by atoms with van der Waals surface area (Å²) >= 11 is 8.81. The standard InChI is InChI=1S/C18H17BrN4S/c1-13-20-10-11-23(13)17-5-3-2-4-14(17)12-21-18(24)22-16-8-6-15(19)7-9-16/h2-11H,12H2,1H3,(H2,21,22,24). The van der Waals surface area contributed by atoms with Crippen LogP contribution in [0.2, 0.25) is 0 Å². The molecule has 0 aliphatic carbocycles. The minimum atomic E-state index is 0.592. The fourth-order valence-corrected chi connectivity index (χ4v) is 2.87. The molecule has 0 aliphatic rings. The van der Waals surface area contributed by atoms with Crippen LogP contribution in [0, 0.1) is 6.92 Å². The molecule has 0 atom stereocenters. The number of imidazole rings is 1. The number of nitrogens with one attached hydrogen (secondary N) is 2. The second-order valence-electron chi connectivity index (χ2n) is 5.29. The second-order valence-corrected chi connectivity index (χ2v) is 6.61. The molecule has 0 saturated heterocycles. The van der Waals surface area contributed by atoms with E-state index in [9.17, 15) is 0 Å². The lowest BCUT2D eigenvalue weighted by Crippen LogP contribution is -2.28. The van der Waals surface area contributed by atoms with Crippen LogP contribution in [0.5, 0.6) is 0 Å². The fourth-order valence-electron chi connectivity index (χ4n) is 2.41. The molecule has 0 radical (unpaired) electrons. The van der Waals surface area contributed by atoms with E-state index in [1.165, 1.54) is 0 Å². The Morgan fingerprint density at radius 2 is 1.92 bits per heavy atom. The van der Waals surface area contributed by atoms with Crippen molar-refractivity contribution in [3.63, 3.8) is 0 Å². The van der Waals surface area contributed by atoms with Gasteiger partial charge in [-0.2, -0.15) is 0 Å². The molecule has 0 amide bonds. The molecule has 3 aromatic rings. The Kier molecular flexibility index (Phi) is 5.27. The van der Waals surface area contributed by atoms with Crippen molar-refractivity contribution >= 4 is 38.9 Å². The lowest BCUT2D eigenvalue weighted by atomic mass is 10.1. The molecule has 0 spiro atoms. The molecule has 6 heteroatoms. The van der Waals surface area contributed by atoms with Crippen LogP contribution in [0.15, 0.2) is 65.4 Å². The lowest BCUT2D eigenvalue weighted by Gasteiger charge is -2.14. The van der Waals surface area contributed by atoms with Crippen molar-refractivity contribution in [3.8, 4) is 5.69 Å². The molecular weight excluding hydrogens is 384 g/mol. The number of aryl methyl sites for hydroxylation is 1. The first kappa shape index (κ1) is 16.7. The summed E-state index contributed by atoms with van der Waals surface area (Å²) < 4.78 is 3.11. The van der Waals surface area contributed by atoms with Crippen LogP contribution in [0.4, 0.5) is 5.69 Å². The molecule has 24 heavy (non-hydrogen) atoms. The van der Waals surface area contributed by atoms with Crippen LogP contribution in [0.25, 0.3) is 5.69 Å². The van der Waals surface area contributed by atoms with Gasteiger partial charge in [0, 0.05) is 29.1 Å². The first-order valence-electron chi connectivity index (χ1n) is 7.52. The number of rotatable bonds is 4. The Hall–Kier alpha value is -2.18. The second kappa shape index (κ2) is 7.59. The number of anilines is 1. The van der Waals surface area contributed by atoms with E-state index < -0.39 is 0 Å². The number of aromatic nitrogens is 2. The summed E-state index contributed by atoms with van der Waals surface area (Å²) in [6.45, 7) is 2.63. The number of benzene rings is 2. The third-order valence-corrected chi connectivity index (χ3v) is 4.39. The molecule has 1 aromatic heterocycles. The van der Waals surface area contributed by atoms with E-state index >= 15 is 0 Å². The zero-order valence-electron chi connectivity index (χ0n) is 13.2. The number of para-hydroxylation sites is 1. The van der Waals surface area contributed by atoms with E-state index in [2.05, 4.69) is 48.2 Å². The van der Waals surface area contributed by atoms with Crippen molar-refractivity contribution in [1.29, 1.82) is 0 Å². The van der Waals surface area contributed by atoms with Gasteiger partial charge in [-0.05, 0) is 55.0 Å². The van der Waals surface area contributed by atoms with E-state index in [0.29, 0.717) is 11.7 Å². The molecule has 3 rings (SSSR count). The molecule has 2 N–H and O–H groups in total. The first-order valence-corrected chi connectivity index (χ1v) is 8.72. The largest absolute Gasteiger partial charge is 0.358 e. The molecule has 4 nitrogen and oxygen atoms in total. The summed E-state index contributed by atoms with van der Waals surface area (Å²) in [5.41, 5.74) is 3.21. The predicted molar refractivity (Wildman–Crippen MR) is 106 cm³/mol. The Morgan fingerprint density at radius 1 is 1.17 bits per heavy atom. The summed E-state index contributed by atoms with van der Waals surface area (Å²) in [5, 5.41) is 7.04. The fraction of sp³-hybridized carbons (Fsp3) is 0.111. The van der Waals surface area contributed by atoms with Gasteiger partial charge < -0.3 is 15.2 Å². The van der Waals surface area contributed by atoms with Gasteiger partial charge in [-0.3, -0.25) is 0 Å². The molecule has 0 bridgehead atoms. The van der Waals surface area contributed by atoms with Crippen LogP contribution >= 0.6 is 28.1 Å². The van der Waals surface area contributed by atoms with Gasteiger partial charge in [0.15, 0.2) is 5.11 Å². The number of hydrogen-bond donors (Lipinski definition) is 2. The summed E-state index contributed by atoms with van der Waals surface area (Å²) in [4.78, 5) is 4.29. The zero-order chi connectivity index (χ0) is 16.9. The van der Waals surface area contributed by atoms with E-state index in [1.54, 1.807) is 6.20 Å². The zero-order valence-corrected chi connectivity index (χ0v) is 15.6. The van der Waals surface area contributed by atoms with Crippen molar-refractivity contribution in [2.45, 2.75) is 13.5 Å². The van der Waals surface area contributed by atoms with Crippen molar-refractivity contribution in [1.82, 2.24) is 14.9 Å². The third kappa shape index (κ3) is 4.01. The SMILES string of the molecule is Cc1nccn1-c1ccccc1CNC(=S)Nc1ccc(Br)cc1. The van der Waals surface area contributed by atoms with Crippen LogP contribution in [0.1, 0.15) is 11.4 Å². The highest BCUT2D eigenvalue weighted by atomic mass is 79.9. The average molecular weight is 401 g/mol. The Balaban J connectivity index is 1.68. The maximum Gasteiger partial charge on any atom is 0.171 e. The van der Waals surface area contributed by atoms with Crippen molar-refractivity contribution in [2.75, 3.05) is 5.32 Å². The normalized spacial score (nSPS) is 10.4. The van der Waals surface area contributed by atoms with Crippen molar-refractivity contribution in [2.24, 2.45) is 0 Å². The summed E-state index contributed by atoms with van der Waals surface area (Å²) in [6, 6.07) is 16.1. The Labute approximate surface area is 155 Å². The highest BCUT2D eigenvalue weighted by Gasteiger charge is 2.07. The van der Waals surface area contributed by atoms with Gasteiger partial charge in [0.25, 0.3) is 0 Å². The monoisotopic (exact) mass is 400 g/mol. The minimum Gasteiger partial charge on any atom is -0.358 e. The van der Waals surface area contributed by atoms with Crippen LogP contribution in [-0.4, -0.2) is 14.7 Å². The van der Waals surface area contributed by atoms with Crippen molar-refractivity contribution in [3.05, 3.63) is 76.8 Å². The third-order valence-electron chi connectivity index (χ3n) is 3.62. The molecule has 0 aliphatic heterocycles. The van der Waals surface area contributed by atoms with Gasteiger partial charge in [-0.15, -0.1) is 0 Å². The molecular formula is C18H17BrN4S. The lowest BCUT2D eigenvalue weighted by molar-refractivity contribution is 0.885. The molecule has 2 aromatic carbocycles. The van der Waals surface area contributed by atoms with Gasteiger partial charge in [0.05, 0.1) is 5.69 Å². The number of thiocarbonyl (C=S) groups is 1. The van der Waals surface area contributed by atoms with Crippen LogP contribution < -0.4 is 10.6 Å². The highest BCUT2D eigenvalue weighted by Crippen LogP contribution is 2.17. The summed E-state index contributed by atoms with van der Waals surface area (Å²) in [5.74, 6) is 0.956. The number of hydrogen-bond acceptors (Lipinski definition) is 2. The van der Waals surface area contributed by atoms with Crippen LogP contribution in [0.3, 0.4) is 0 Å². The van der Waals surface area contributed by atoms with E-state index in [4.69, 9.17) is 12.2 Å². The van der Waals surface area contributed by atoms with E-state index in [1.807, 2.05) is 49.5 Å². The Morgan fingerprint density at radius 3 is 2.62 bits per heavy atom. The topological polar surface area (TPSA) is 41.9 Å². The van der Waals surface area contributed by atoms with E-state index in [0.717, 1.165) is 27.2 Å². The Bertz CT molecular complexity index is 842. The highest BCUT2D eigenvalue weighted by molar-refractivity contribution is 9.10. The first-order chi connectivity index (χ1) is 11.6. The average Bonchev–Trinajstić information content (AvgIpc) is 3.01. The predicted octanol–water partition coefficient (Wildman–Crippen LogP) is 4.43. The van der Waals surface area contributed by atoms with E-state index in [-0.39, 0.29) is 0 Å². The molecule has 1 heterocycles. The summed E-state index contributed by atoms with van der Waals surface area (Å²) in [7, 11) is 0. The van der Waals surface area contributed by atoms with Crippen LogP contribution in [-0.2, 0) is 6.54 Å². The summed E-state index contributed by atoms with van der Waals surface area (Å²) in [6.07, 6.45) is 3.77. The maximum absolute atomic E-state index is 5.38. The molecule has 0 unspecified atom stereocenters. The smallest absolute Gasteiger partial charge is 0.171 e. The van der Waals surface area contributed by atoms with Gasteiger partial charge in [-0.1, -0.05) is 34.1 Å². The van der Waals surface area contributed by atoms with Gasteiger partial charge in [-0.25, -0.2) is 4.98 Å².